The molecule has 0 aromatic rings. The highest BCUT2D eigenvalue weighted by molar-refractivity contribution is 5.76. The maximum absolute atomic E-state index is 13.4. The lowest BCUT2D eigenvalue weighted by molar-refractivity contribution is -0.359. The van der Waals surface area contributed by atoms with Gasteiger partial charge in [0.25, 0.3) is 0 Å². The Bertz CT molecular complexity index is 1690. The van der Waals surface area contributed by atoms with Gasteiger partial charge in [0.15, 0.2) is 12.6 Å². The number of amides is 1. The Labute approximate surface area is 583 Å². The molecule has 2 heterocycles. The summed E-state index contributed by atoms with van der Waals surface area (Å²) < 4.78 is 22.9. The fourth-order valence-electron chi connectivity index (χ4n) is 13.9. The Hall–Kier alpha value is -1.53. The molecule has 9 N–H and O–H groups in total. The summed E-state index contributed by atoms with van der Waals surface area (Å²) >= 11 is 0. The molecule has 95 heavy (non-hydrogen) atoms. The number of unbranched alkanes of at least 4 members (excludes halogenated alkanes) is 55. The van der Waals surface area contributed by atoms with E-state index in [9.17, 15) is 45.6 Å². The summed E-state index contributed by atoms with van der Waals surface area (Å²) in [6.07, 6.45) is 68.6. The van der Waals surface area contributed by atoms with Crippen molar-refractivity contribution in [1.29, 1.82) is 0 Å². The Morgan fingerprint density at radius 1 is 0.368 bits per heavy atom. The Morgan fingerprint density at radius 3 is 1.03 bits per heavy atom. The molecule has 12 atom stereocenters. The van der Waals surface area contributed by atoms with E-state index >= 15 is 0 Å². The van der Waals surface area contributed by atoms with Crippen molar-refractivity contribution in [3.8, 4) is 0 Å². The van der Waals surface area contributed by atoms with E-state index < -0.39 is 86.8 Å². The van der Waals surface area contributed by atoms with Gasteiger partial charge >= 0.3 is 0 Å². The maximum Gasteiger partial charge on any atom is 0.220 e. The van der Waals surface area contributed by atoms with E-state index in [1.807, 2.05) is 6.08 Å². The van der Waals surface area contributed by atoms with Crippen molar-refractivity contribution in [3.05, 3.63) is 24.3 Å². The number of carbonyl (C=O) groups is 1. The summed E-state index contributed by atoms with van der Waals surface area (Å²) in [7, 11) is 0. The van der Waals surface area contributed by atoms with Crippen molar-refractivity contribution >= 4 is 5.91 Å². The fourth-order valence-corrected chi connectivity index (χ4v) is 13.9. The normalized spacial score (nSPS) is 22.4. The zero-order valence-corrected chi connectivity index (χ0v) is 61.7. The number of hydrogen-bond donors (Lipinski definition) is 9. The highest BCUT2D eigenvalue weighted by Gasteiger charge is 2.51. The van der Waals surface area contributed by atoms with Crippen molar-refractivity contribution in [1.82, 2.24) is 5.32 Å². The van der Waals surface area contributed by atoms with Gasteiger partial charge in [-0.25, -0.2) is 0 Å². The first kappa shape index (κ1) is 89.6. The van der Waals surface area contributed by atoms with Gasteiger partial charge in [0.05, 0.1) is 32.0 Å². The van der Waals surface area contributed by atoms with Crippen LogP contribution in [0.2, 0.25) is 0 Å². The fraction of sp³-hybridized carbons (Fsp3) is 0.938. The monoisotopic (exact) mass is 1350 g/mol. The number of aliphatic hydroxyl groups is 8. The number of nitrogens with one attached hydrogen (secondary N) is 1. The van der Waals surface area contributed by atoms with Gasteiger partial charge < -0.3 is 65.1 Å². The molecule has 0 radical (unpaired) electrons. The second-order valence-corrected chi connectivity index (χ2v) is 29.3. The molecule has 14 heteroatoms. The number of aliphatic hydroxyl groups excluding tert-OH is 8. The number of allylic oxidation sites excluding steroid dienone is 3. The van der Waals surface area contributed by atoms with Gasteiger partial charge in [-0.05, 0) is 32.1 Å². The van der Waals surface area contributed by atoms with E-state index in [2.05, 4.69) is 31.3 Å². The third-order valence-electron chi connectivity index (χ3n) is 20.4. The van der Waals surface area contributed by atoms with Crippen LogP contribution in [0.15, 0.2) is 24.3 Å². The molecule has 0 bridgehead atoms. The lowest BCUT2D eigenvalue weighted by atomic mass is 9.97. The van der Waals surface area contributed by atoms with Gasteiger partial charge in [0.2, 0.25) is 5.91 Å². The molecule has 1 amide bonds. The molecule has 0 saturated carbocycles. The minimum absolute atomic E-state index is 0.240. The molecule has 0 aliphatic carbocycles. The van der Waals surface area contributed by atoms with E-state index in [-0.39, 0.29) is 18.9 Å². The second-order valence-electron chi connectivity index (χ2n) is 29.3. The summed E-state index contributed by atoms with van der Waals surface area (Å²) in [6, 6.07) is -0.930. The summed E-state index contributed by atoms with van der Waals surface area (Å²) in [4.78, 5) is 13.4. The molecular formula is C81H155NO13. The van der Waals surface area contributed by atoms with Crippen molar-refractivity contribution < 1.29 is 64.6 Å². The smallest absolute Gasteiger partial charge is 0.220 e. The molecule has 14 nitrogen and oxygen atoms in total. The first-order chi connectivity index (χ1) is 46.6. The molecule has 562 valence electrons. The average molecular weight is 1350 g/mol. The largest absolute Gasteiger partial charge is 0.394 e. The molecule has 0 aromatic carbocycles. The lowest BCUT2D eigenvalue weighted by Gasteiger charge is -2.46. The van der Waals surface area contributed by atoms with Crippen molar-refractivity contribution in [2.45, 2.75) is 466 Å². The van der Waals surface area contributed by atoms with Crippen molar-refractivity contribution in [2.24, 2.45) is 0 Å². The summed E-state index contributed by atoms with van der Waals surface area (Å²) in [5.74, 6) is -0.240. The Kier molecular flexibility index (Phi) is 62.0. The standard InChI is InChI=1S/C81H155NO13/c1-3-5-7-9-11-13-15-17-19-21-23-25-27-28-29-30-31-32-33-34-35-36-37-38-39-40-41-43-45-47-49-51-53-55-57-59-61-63-65-73(86)82-69(68-92-80-78(91)76(89)79(72(67-84)94-80)95-81-77(90)75(88)74(87)71(66-83)93-81)70(85)64-62-60-58-56-54-52-50-48-46-44-42-26-24-22-20-18-16-14-12-10-8-6-4-2/h54,56,62,64,69-72,74-81,83-85,87-91H,3-53,55,57-61,63,65-68H2,1-2H3,(H,82,86)/b56-54+,64-62+. The summed E-state index contributed by atoms with van der Waals surface area (Å²) in [5, 5.41) is 87.6. The zero-order valence-electron chi connectivity index (χ0n) is 61.7. The number of rotatable bonds is 70. The first-order valence-corrected chi connectivity index (χ1v) is 41.1. The van der Waals surface area contributed by atoms with E-state index in [4.69, 9.17) is 18.9 Å². The molecule has 2 saturated heterocycles. The number of carbonyl (C=O) groups excluding carboxylic acids is 1. The predicted octanol–water partition coefficient (Wildman–Crippen LogP) is 18.6. The van der Waals surface area contributed by atoms with Crippen molar-refractivity contribution in [2.75, 3.05) is 19.8 Å². The van der Waals surface area contributed by atoms with Gasteiger partial charge in [-0.1, -0.05) is 378 Å². The zero-order chi connectivity index (χ0) is 68.7. The van der Waals surface area contributed by atoms with Crippen LogP contribution in [-0.2, 0) is 23.7 Å². The van der Waals surface area contributed by atoms with Crippen LogP contribution in [0.3, 0.4) is 0 Å². The van der Waals surface area contributed by atoms with Crippen LogP contribution in [0.4, 0.5) is 0 Å². The number of hydrogen-bond acceptors (Lipinski definition) is 13. The molecule has 0 aromatic heterocycles. The van der Waals surface area contributed by atoms with Crippen LogP contribution in [0.1, 0.15) is 393 Å². The molecule has 12 unspecified atom stereocenters. The van der Waals surface area contributed by atoms with Crippen LogP contribution < -0.4 is 5.32 Å². The van der Waals surface area contributed by atoms with Gasteiger partial charge in [-0.15, -0.1) is 0 Å². The van der Waals surface area contributed by atoms with Crippen LogP contribution in [0.5, 0.6) is 0 Å². The molecular weight excluding hydrogens is 1190 g/mol. The summed E-state index contributed by atoms with van der Waals surface area (Å²) in [5.41, 5.74) is 0. The summed E-state index contributed by atoms with van der Waals surface area (Å²) in [6.45, 7) is 2.85. The molecule has 0 spiro atoms. The van der Waals surface area contributed by atoms with Gasteiger partial charge in [0, 0.05) is 6.42 Å². The topological polar surface area (TPSA) is 228 Å². The van der Waals surface area contributed by atoms with Crippen LogP contribution in [0, 0.1) is 0 Å². The predicted molar refractivity (Wildman–Crippen MR) is 392 cm³/mol. The second kappa shape index (κ2) is 65.8. The highest BCUT2D eigenvalue weighted by Crippen LogP contribution is 2.30. The average Bonchev–Trinajstić information content (AvgIpc) is 1.22. The Balaban J connectivity index is 1.58. The first-order valence-electron chi connectivity index (χ1n) is 41.1. The van der Waals surface area contributed by atoms with Gasteiger partial charge in [0.1, 0.15) is 48.8 Å². The molecule has 2 fully saturated rings. The van der Waals surface area contributed by atoms with E-state index in [1.165, 1.54) is 327 Å². The quantitative estimate of drug-likeness (QED) is 0.0204. The van der Waals surface area contributed by atoms with Crippen LogP contribution in [-0.4, -0.2) is 140 Å². The van der Waals surface area contributed by atoms with Crippen molar-refractivity contribution in [3.63, 3.8) is 0 Å². The minimum atomic E-state index is -1.79. The third kappa shape index (κ3) is 48.9. The van der Waals surface area contributed by atoms with E-state index in [0.717, 1.165) is 32.1 Å². The lowest BCUT2D eigenvalue weighted by Crippen LogP contribution is -2.65. The number of ether oxygens (including phenoxy) is 4. The van der Waals surface area contributed by atoms with Gasteiger partial charge in [-0.2, -0.15) is 0 Å². The molecule has 2 rings (SSSR count). The maximum atomic E-state index is 13.4. The highest BCUT2D eigenvalue weighted by atomic mass is 16.7. The van der Waals surface area contributed by atoms with E-state index in [0.29, 0.717) is 12.8 Å². The third-order valence-corrected chi connectivity index (χ3v) is 20.4. The molecule has 2 aliphatic heterocycles. The molecule has 2 aliphatic rings. The Morgan fingerprint density at radius 2 is 0.674 bits per heavy atom. The van der Waals surface area contributed by atoms with Gasteiger partial charge in [-0.3, -0.25) is 4.79 Å². The van der Waals surface area contributed by atoms with Crippen LogP contribution >= 0.6 is 0 Å². The van der Waals surface area contributed by atoms with Crippen LogP contribution in [0.25, 0.3) is 0 Å². The van der Waals surface area contributed by atoms with E-state index in [1.54, 1.807) is 6.08 Å². The minimum Gasteiger partial charge on any atom is -0.394 e. The SMILES string of the molecule is CCCCCCCCCCCCCCCCCCC/C=C/CC/C=C/C(O)C(COC1OC(CO)C(OC2OC(CO)C(O)C(O)C2O)C(O)C1O)NC(=O)CCCCCCCCCCCCCCCCCCCCCCCCCCCCCCCCCCCCCCCC.